The molecule has 0 aliphatic rings. The van der Waals surface area contributed by atoms with Crippen molar-refractivity contribution in [2.45, 2.75) is 83.3 Å². The van der Waals surface area contributed by atoms with Crippen molar-refractivity contribution in [2.24, 2.45) is 5.92 Å². The van der Waals surface area contributed by atoms with Crippen LogP contribution < -0.4 is 0 Å². The van der Waals surface area contributed by atoms with Crippen molar-refractivity contribution in [3.63, 3.8) is 0 Å². The Hall–Kier alpha value is 0.270. The minimum atomic E-state index is 0.365. The highest BCUT2D eigenvalue weighted by Gasteiger charge is 2.12. The van der Waals surface area contributed by atoms with Crippen molar-refractivity contribution < 1.29 is 5.11 Å². The molecule has 2 atom stereocenters. The second kappa shape index (κ2) is 16.1. The van der Waals surface area contributed by atoms with E-state index in [1.807, 2.05) is 0 Å². The van der Waals surface area contributed by atoms with E-state index in [-0.39, 0.29) is 0 Å². The predicted molar refractivity (Wildman–Crippen MR) is 103 cm³/mol. The second-order valence-corrected chi connectivity index (χ2v) is 8.54. The lowest BCUT2D eigenvalue weighted by atomic mass is 10.0. The molecule has 0 aliphatic carbocycles. The number of aliphatic hydroxyl groups excluding tert-OH is 1. The highest BCUT2D eigenvalue weighted by molar-refractivity contribution is 7.99. The van der Waals surface area contributed by atoms with Crippen LogP contribution in [0.2, 0.25) is 0 Å². The molecule has 0 aromatic carbocycles. The summed E-state index contributed by atoms with van der Waals surface area (Å²) in [5.41, 5.74) is 0. The molecule has 0 saturated carbocycles. The van der Waals surface area contributed by atoms with Gasteiger partial charge in [-0.25, -0.2) is 0 Å². The lowest BCUT2D eigenvalue weighted by molar-refractivity contribution is 0.282. The van der Waals surface area contributed by atoms with Gasteiger partial charge in [0, 0.05) is 11.9 Å². The molecule has 0 heterocycles. The Bertz CT molecular complexity index is 223. The Morgan fingerprint density at radius 1 is 0.818 bits per heavy atom. The third-order valence-corrected chi connectivity index (χ3v) is 6.03. The molecule has 0 amide bonds. The Balaban J connectivity index is 3.27. The lowest BCUT2D eigenvalue weighted by Gasteiger charge is -2.21. The fourth-order valence-corrected chi connectivity index (χ4v) is 3.79. The van der Waals surface area contributed by atoms with Crippen molar-refractivity contribution in [3.8, 4) is 0 Å². The van der Waals surface area contributed by atoms with Crippen LogP contribution in [0.3, 0.4) is 0 Å². The van der Waals surface area contributed by atoms with Crippen molar-refractivity contribution in [3.05, 3.63) is 0 Å². The number of thioether (sulfide) groups is 1. The van der Waals surface area contributed by atoms with Crippen LogP contribution in [-0.4, -0.2) is 48.3 Å². The summed E-state index contributed by atoms with van der Waals surface area (Å²) in [6.45, 7) is 6.38. The van der Waals surface area contributed by atoms with Gasteiger partial charge in [-0.05, 0) is 51.6 Å². The smallest absolute Gasteiger partial charge is 0.0431 e. The van der Waals surface area contributed by atoms with Crippen LogP contribution in [0.15, 0.2) is 0 Å². The summed E-state index contributed by atoms with van der Waals surface area (Å²) in [5, 5.41) is 9.51. The van der Waals surface area contributed by atoms with Crippen LogP contribution >= 0.6 is 11.8 Å². The van der Waals surface area contributed by atoms with E-state index in [4.69, 9.17) is 5.11 Å². The topological polar surface area (TPSA) is 23.5 Å². The van der Waals surface area contributed by atoms with Gasteiger partial charge in [-0.2, -0.15) is 11.8 Å². The molecule has 2 nitrogen and oxygen atoms in total. The summed E-state index contributed by atoms with van der Waals surface area (Å²) >= 11 is 2.17. The average Bonchev–Trinajstić information content (AvgIpc) is 2.49. The first-order chi connectivity index (χ1) is 10.6. The normalized spacial score (nSPS) is 14.5. The molecule has 0 aliphatic heterocycles. The SMILES string of the molecule is CC(CCN(C)C)C(C)SCCCCCCCCCCCO. The molecule has 1 N–H and O–H groups in total. The first-order valence-electron chi connectivity index (χ1n) is 9.45. The van der Waals surface area contributed by atoms with Crippen molar-refractivity contribution in [1.82, 2.24) is 4.90 Å². The summed E-state index contributed by atoms with van der Waals surface area (Å²) in [4.78, 5) is 2.29. The van der Waals surface area contributed by atoms with Crippen molar-refractivity contribution in [2.75, 3.05) is 33.0 Å². The van der Waals surface area contributed by atoms with E-state index < -0.39 is 0 Å². The maximum Gasteiger partial charge on any atom is 0.0431 e. The minimum absolute atomic E-state index is 0.365. The predicted octanol–water partition coefficient (Wildman–Crippen LogP) is 5.20. The molecule has 0 rings (SSSR count). The zero-order chi connectivity index (χ0) is 16.6. The van der Waals surface area contributed by atoms with Gasteiger partial charge in [0.15, 0.2) is 0 Å². The fraction of sp³-hybridized carbons (Fsp3) is 1.00. The fourth-order valence-electron chi connectivity index (χ4n) is 2.58. The zero-order valence-electron chi connectivity index (χ0n) is 15.6. The van der Waals surface area contributed by atoms with E-state index >= 15 is 0 Å². The number of unbranched alkanes of at least 4 members (excludes halogenated alkanes) is 8. The quantitative estimate of drug-likeness (QED) is 0.393. The minimum Gasteiger partial charge on any atom is -0.396 e. The van der Waals surface area contributed by atoms with Crippen LogP contribution in [0, 0.1) is 5.92 Å². The van der Waals surface area contributed by atoms with E-state index in [0.29, 0.717) is 6.61 Å². The Kier molecular flexibility index (Phi) is 16.3. The molecular weight excluding hydrogens is 290 g/mol. The Morgan fingerprint density at radius 3 is 1.82 bits per heavy atom. The van der Waals surface area contributed by atoms with E-state index in [1.54, 1.807) is 0 Å². The average molecular weight is 332 g/mol. The van der Waals surface area contributed by atoms with E-state index in [0.717, 1.165) is 17.6 Å². The van der Waals surface area contributed by atoms with E-state index in [2.05, 4.69) is 44.6 Å². The van der Waals surface area contributed by atoms with Crippen LogP contribution in [0.1, 0.15) is 78.1 Å². The molecule has 2 unspecified atom stereocenters. The molecule has 0 spiro atoms. The molecule has 3 heteroatoms. The van der Waals surface area contributed by atoms with Gasteiger partial charge in [0.1, 0.15) is 0 Å². The van der Waals surface area contributed by atoms with Gasteiger partial charge in [0.25, 0.3) is 0 Å². The Morgan fingerprint density at radius 2 is 1.32 bits per heavy atom. The highest BCUT2D eigenvalue weighted by Crippen LogP contribution is 2.23. The van der Waals surface area contributed by atoms with Crippen LogP contribution in [0.25, 0.3) is 0 Å². The molecule has 22 heavy (non-hydrogen) atoms. The molecule has 0 fully saturated rings. The summed E-state index contributed by atoms with van der Waals surface area (Å²) < 4.78 is 0. The van der Waals surface area contributed by atoms with E-state index in [1.165, 1.54) is 70.1 Å². The van der Waals surface area contributed by atoms with Gasteiger partial charge in [0.2, 0.25) is 0 Å². The second-order valence-electron chi connectivity index (χ2n) is 7.05. The molecule has 0 radical (unpaired) electrons. The van der Waals surface area contributed by atoms with Gasteiger partial charge in [-0.3, -0.25) is 0 Å². The zero-order valence-corrected chi connectivity index (χ0v) is 16.5. The molecular formula is C19H41NOS. The number of nitrogens with zero attached hydrogens (tertiary/aromatic N) is 1. The summed E-state index contributed by atoms with van der Waals surface area (Å²) in [6.07, 6.45) is 13.2. The van der Waals surface area contributed by atoms with Gasteiger partial charge in [-0.15, -0.1) is 0 Å². The van der Waals surface area contributed by atoms with Crippen LogP contribution in [-0.2, 0) is 0 Å². The van der Waals surface area contributed by atoms with Crippen LogP contribution in [0.4, 0.5) is 0 Å². The third kappa shape index (κ3) is 15.2. The van der Waals surface area contributed by atoms with Crippen molar-refractivity contribution in [1.29, 1.82) is 0 Å². The molecule has 0 aromatic rings. The maximum absolute atomic E-state index is 8.71. The standard InChI is InChI=1S/C19H41NOS/c1-18(14-15-20(3)4)19(2)22-17-13-11-9-7-5-6-8-10-12-16-21/h18-19,21H,5-17H2,1-4H3. The molecule has 134 valence electrons. The third-order valence-electron chi connectivity index (χ3n) is 4.52. The van der Waals surface area contributed by atoms with Crippen molar-refractivity contribution >= 4 is 11.8 Å². The monoisotopic (exact) mass is 331 g/mol. The van der Waals surface area contributed by atoms with E-state index in [9.17, 15) is 0 Å². The molecule has 0 aromatic heterocycles. The number of hydrogen-bond donors (Lipinski definition) is 1. The first-order valence-corrected chi connectivity index (χ1v) is 10.5. The lowest BCUT2D eigenvalue weighted by Crippen LogP contribution is -2.20. The Labute approximate surface area is 144 Å². The van der Waals surface area contributed by atoms with Gasteiger partial charge in [0.05, 0.1) is 0 Å². The number of aliphatic hydroxyl groups is 1. The maximum atomic E-state index is 8.71. The molecule has 0 bridgehead atoms. The first kappa shape index (κ1) is 22.3. The largest absolute Gasteiger partial charge is 0.396 e. The molecule has 0 saturated heterocycles. The van der Waals surface area contributed by atoms with Gasteiger partial charge >= 0.3 is 0 Å². The number of hydrogen-bond acceptors (Lipinski definition) is 3. The van der Waals surface area contributed by atoms with Gasteiger partial charge < -0.3 is 10.0 Å². The highest BCUT2D eigenvalue weighted by atomic mass is 32.2. The summed E-state index contributed by atoms with van der Waals surface area (Å²) in [7, 11) is 4.33. The van der Waals surface area contributed by atoms with Gasteiger partial charge in [-0.1, -0.05) is 58.8 Å². The number of rotatable bonds is 16. The summed E-state index contributed by atoms with van der Waals surface area (Å²) in [6, 6.07) is 0. The summed E-state index contributed by atoms with van der Waals surface area (Å²) in [5.74, 6) is 2.16. The van der Waals surface area contributed by atoms with Crippen LogP contribution in [0.5, 0.6) is 0 Å².